The fraction of sp³-hybridized carbons (Fsp3) is 0.400. The Morgan fingerprint density at radius 2 is 2.00 bits per heavy atom. The van der Waals surface area contributed by atoms with E-state index in [1.165, 1.54) is 11.3 Å². The van der Waals surface area contributed by atoms with Gasteiger partial charge in [0.05, 0.1) is 29.9 Å². The first-order valence-electron chi connectivity index (χ1n) is 10.8. The van der Waals surface area contributed by atoms with Gasteiger partial charge in [-0.1, -0.05) is 48.9 Å². The monoisotopic (exact) mass is 442 g/mol. The summed E-state index contributed by atoms with van der Waals surface area (Å²) in [7, 11) is 0. The Morgan fingerprint density at radius 1 is 1.19 bits per heavy atom. The zero-order valence-corrected chi connectivity index (χ0v) is 18.7. The summed E-state index contributed by atoms with van der Waals surface area (Å²) in [5.74, 6) is -0.0219. The van der Waals surface area contributed by atoms with E-state index in [2.05, 4.69) is 6.92 Å². The number of esters is 1. The molecule has 4 nitrogen and oxygen atoms in total. The molecule has 1 saturated heterocycles. The van der Waals surface area contributed by atoms with Crippen LogP contribution in [0.5, 0.6) is 10.8 Å². The molecule has 6 heteroatoms. The standard InChI is InChI=1S/C25H27FO4S/c1-3-4-13-28-20-10-7-17(8-11-20)21-12-9-19(15-29-21)25(27)30-22-14-18-6-5-16(2)23(26)24(18)31-22/h5-8,10-11,14,19,21H,3-4,9,12-13,15H2,1-2H3. The molecular formula is C25H27FO4S. The third-order valence-corrected chi connectivity index (χ3v) is 6.65. The molecule has 2 atom stereocenters. The summed E-state index contributed by atoms with van der Waals surface area (Å²) < 4.78 is 32.0. The lowest BCUT2D eigenvalue weighted by atomic mass is 9.95. The summed E-state index contributed by atoms with van der Waals surface area (Å²) in [6, 6.07) is 13.3. The minimum atomic E-state index is -0.318. The number of hydrogen-bond donors (Lipinski definition) is 0. The summed E-state index contributed by atoms with van der Waals surface area (Å²) in [4.78, 5) is 12.6. The number of ether oxygens (including phenoxy) is 3. The van der Waals surface area contributed by atoms with Crippen molar-refractivity contribution in [3.63, 3.8) is 0 Å². The quantitative estimate of drug-likeness (QED) is 0.305. The van der Waals surface area contributed by atoms with Crippen molar-refractivity contribution in [2.75, 3.05) is 13.2 Å². The van der Waals surface area contributed by atoms with Gasteiger partial charge in [-0.25, -0.2) is 4.39 Å². The molecule has 31 heavy (non-hydrogen) atoms. The van der Waals surface area contributed by atoms with E-state index in [4.69, 9.17) is 14.2 Å². The predicted molar refractivity (Wildman–Crippen MR) is 120 cm³/mol. The van der Waals surface area contributed by atoms with E-state index in [1.807, 2.05) is 30.3 Å². The lowest BCUT2D eigenvalue weighted by molar-refractivity contribution is -0.145. The number of benzene rings is 2. The van der Waals surface area contributed by atoms with Crippen LogP contribution in [0.2, 0.25) is 0 Å². The molecule has 0 N–H and O–H groups in total. The first-order valence-corrected chi connectivity index (χ1v) is 11.6. The number of aryl methyl sites for hydroxylation is 1. The van der Waals surface area contributed by atoms with Crippen LogP contribution in [0.1, 0.15) is 49.8 Å². The molecule has 0 radical (unpaired) electrons. The Bertz CT molecular complexity index is 1040. The predicted octanol–water partition coefficient (Wildman–Crippen LogP) is 6.60. The average Bonchev–Trinajstić information content (AvgIpc) is 3.20. The number of carbonyl (C=O) groups is 1. The van der Waals surface area contributed by atoms with Crippen LogP contribution < -0.4 is 9.47 Å². The second kappa shape index (κ2) is 9.79. The molecule has 3 aromatic rings. The third-order valence-electron chi connectivity index (χ3n) is 5.63. The largest absolute Gasteiger partial charge is 0.494 e. The van der Waals surface area contributed by atoms with Crippen LogP contribution >= 0.6 is 11.3 Å². The van der Waals surface area contributed by atoms with Gasteiger partial charge in [0, 0.05) is 6.07 Å². The highest BCUT2D eigenvalue weighted by molar-refractivity contribution is 7.20. The number of carbonyl (C=O) groups excluding carboxylic acids is 1. The van der Waals surface area contributed by atoms with Crippen molar-refractivity contribution in [2.24, 2.45) is 5.92 Å². The zero-order valence-electron chi connectivity index (χ0n) is 17.9. The molecule has 0 aliphatic carbocycles. The van der Waals surface area contributed by atoms with Crippen LogP contribution in [0.4, 0.5) is 4.39 Å². The second-order valence-electron chi connectivity index (χ2n) is 7.97. The van der Waals surface area contributed by atoms with Gasteiger partial charge in [0.25, 0.3) is 0 Å². The summed E-state index contributed by atoms with van der Waals surface area (Å²) in [6.07, 6.45) is 3.56. The number of unbranched alkanes of at least 4 members (excludes halogenated alkanes) is 1. The van der Waals surface area contributed by atoms with Crippen molar-refractivity contribution < 1.29 is 23.4 Å². The van der Waals surface area contributed by atoms with Crippen LogP contribution in [-0.4, -0.2) is 19.2 Å². The molecular weight excluding hydrogens is 415 g/mol. The summed E-state index contributed by atoms with van der Waals surface area (Å²) in [6.45, 7) is 4.91. The molecule has 2 aromatic carbocycles. The highest BCUT2D eigenvalue weighted by Gasteiger charge is 2.29. The van der Waals surface area contributed by atoms with E-state index in [1.54, 1.807) is 19.1 Å². The van der Waals surface area contributed by atoms with E-state index >= 15 is 0 Å². The van der Waals surface area contributed by atoms with Gasteiger partial charge in [0.15, 0.2) is 5.06 Å². The molecule has 1 aliphatic rings. The molecule has 1 fully saturated rings. The van der Waals surface area contributed by atoms with Gasteiger partial charge in [0.1, 0.15) is 11.6 Å². The highest BCUT2D eigenvalue weighted by Crippen LogP contribution is 2.36. The maximum absolute atomic E-state index is 14.3. The van der Waals surface area contributed by atoms with Gasteiger partial charge in [0.2, 0.25) is 0 Å². The number of fused-ring (bicyclic) bond motifs is 1. The summed E-state index contributed by atoms with van der Waals surface area (Å²) in [5, 5.41) is 1.17. The fourth-order valence-electron chi connectivity index (χ4n) is 3.69. The van der Waals surface area contributed by atoms with E-state index in [0.29, 0.717) is 28.4 Å². The van der Waals surface area contributed by atoms with E-state index < -0.39 is 0 Å². The van der Waals surface area contributed by atoms with Crippen molar-refractivity contribution in [2.45, 2.75) is 45.6 Å². The first kappa shape index (κ1) is 21.8. The second-order valence-corrected chi connectivity index (χ2v) is 8.98. The Labute approximate surface area is 185 Å². The van der Waals surface area contributed by atoms with Crippen molar-refractivity contribution >= 4 is 27.4 Å². The Hall–Kier alpha value is -2.44. The first-order chi connectivity index (χ1) is 15.0. The van der Waals surface area contributed by atoms with Gasteiger partial charge in [-0.2, -0.15) is 0 Å². The van der Waals surface area contributed by atoms with Gasteiger partial charge >= 0.3 is 5.97 Å². The molecule has 1 aromatic heterocycles. The molecule has 4 rings (SSSR count). The van der Waals surface area contributed by atoms with Gasteiger partial charge in [-0.05, 0) is 54.8 Å². The Morgan fingerprint density at radius 3 is 2.71 bits per heavy atom. The number of halogens is 1. The number of rotatable bonds is 7. The maximum Gasteiger partial charge on any atom is 0.317 e. The van der Waals surface area contributed by atoms with Crippen molar-refractivity contribution in [1.29, 1.82) is 0 Å². The van der Waals surface area contributed by atoms with Crippen molar-refractivity contribution in [3.05, 3.63) is 59.4 Å². The van der Waals surface area contributed by atoms with Crippen LogP contribution in [0.25, 0.3) is 10.1 Å². The SMILES string of the molecule is CCCCOc1ccc(C2CCC(C(=O)Oc3cc4ccc(C)c(F)c4s3)CO2)cc1. The van der Waals surface area contributed by atoms with Crippen LogP contribution in [0.15, 0.2) is 42.5 Å². The van der Waals surface area contributed by atoms with Gasteiger partial charge in [-0.3, -0.25) is 4.79 Å². The molecule has 0 spiro atoms. The van der Waals surface area contributed by atoms with Gasteiger partial charge in [-0.15, -0.1) is 0 Å². The van der Waals surface area contributed by atoms with Crippen molar-refractivity contribution in [1.82, 2.24) is 0 Å². The van der Waals surface area contributed by atoms with Crippen molar-refractivity contribution in [3.8, 4) is 10.8 Å². The third kappa shape index (κ3) is 5.08. The molecule has 0 saturated carbocycles. The normalized spacial score (nSPS) is 18.8. The molecule has 0 bridgehead atoms. The Kier molecular flexibility index (Phi) is 6.88. The molecule has 164 valence electrons. The minimum absolute atomic E-state index is 0.0323. The smallest absolute Gasteiger partial charge is 0.317 e. The minimum Gasteiger partial charge on any atom is -0.494 e. The van der Waals surface area contributed by atoms with E-state index in [0.717, 1.165) is 42.6 Å². The fourth-order valence-corrected chi connectivity index (χ4v) is 4.70. The van der Waals surface area contributed by atoms with Crippen LogP contribution in [0.3, 0.4) is 0 Å². The van der Waals surface area contributed by atoms with Gasteiger partial charge < -0.3 is 14.2 Å². The van der Waals surface area contributed by atoms with E-state index in [9.17, 15) is 9.18 Å². The summed E-state index contributed by atoms with van der Waals surface area (Å²) >= 11 is 1.17. The van der Waals surface area contributed by atoms with Crippen LogP contribution in [0, 0.1) is 18.7 Å². The molecule has 2 heterocycles. The molecule has 1 aliphatic heterocycles. The molecule has 2 unspecified atom stereocenters. The zero-order chi connectivity index (χ0) is 21.8. The highest BCUT2D eigenvalue weighted by atomic mass is 32.1. The number of thiophene rings is 1. The topological polar surface area (TPSA) is 44.8 Å². The number of hydrogen-bond acceptors (Lipinski definition) is 5. The Balaban J connectivity index is 1.31. The maximum atomic E-state index is 14.3. The average molecular weight is 443 g/mol. The lowest BCUT2D eigenvalue weighted by Gasteiger charge is -2.28. The van der Waals surface area contributed by atoms with Crippen LogP contribution in [-0.2, 0) is 9.53 Å². The molecule has 0 amide bonds. The van der Waals surface area contributed by atoms with E-state index in [-0.39, 0.29) is 23.8 Å². The summed E-state index contributed by atoms with van der Waals surface area (Å²) in [5.41, 5.74) is 1.67. The lowest BCUT2D eigenvalue weighted by Crippen LogP contribution is -2.30.